The van der Waals surface area contributed by atoms with E-state index in [4.69, 9.17) is 15.9 Å². The average Bonchev–Trinajstić information content (AvgIpc) is 2.59. The lowest BCUT2D eigenvalue weighted by Gasteiger charge is -1.96. The lowest BCUT2D eigenvalue weighted by atomic mass is 10.3. The number of H-pyrrole nitrogens is 1. The molecule has 1 atom stereocenters. The number of nitrogens with one attached hydrogen (secondary N) is 1. The minimum atomic E-state index is -1.18. The van der Waals surface area contributed by atoms with Crippen LogP contribution in [0.4, 0.5) is 0 Å². The fourth-order valence-corrected chi connectivity index (χ4v) is 0.245. The van der Waals surface area contributed by atoms with Crippen LogP contribution in [0.1, 0.15) is 0 Å². The van der Waals surface area contributed by atoms with Crippen LogP contribution in [0.5, 0.6) is 0 Å². The molecule has 0 saturated carbocycles. The topological polar surface area (TPSA) is 125 Å². The summed E-state index contributed by atoms with van der Waals surface area (Å²) in [6, 6.07) is -1.13. The Kier molecular flexibility index (Phi) is 5.49. The van der Waals surface area contributed by atoms with E-state index in [1.807, 2.05) is 0 Å². The molecule has 68 valence electrons. The third-order valence-electron chi connectivity index (χ3n) is 0.845. The fraction of sp³-hybridized carbons (Fsp3) is 0.400. The van der Waals surface area contributed by atoms with E-state index >= 15 is 0 Å². The molecule has 0 saturated heterocycles. The molecule has 0 spiro atoms. The van der Waals surface area contributed by atoms with Gasteiger partial charge in [-0.2, -0.15) is 15.4 Å². The molecule has 1 unspecified atom stereocenters. The van der Waals surface area contributed by atoms with Gasteiger partial charge in [-0.25, -0.2) is 0 Å². The van der Waals surface area contributed by atoms with Gasteiger partial charge in [-0.05, 0) is 0 Å². The van der Waals surface area contributed by atoms with Gasteiger partial charge in [0.1, 0.15) is 6.04 Å². The van der Waals surface area contributed by atoms with Crippen molar-refractivity contribution in [2.45, 2.75) is 6.04 Å². The molecule has 1 aromatic heterocycles. The van der Waals surface area contributed by atoms with E-state index in [0.717, 1.165) is 0 Å². The second-order valence-corrected chi connectivity index (χ2v) is 1.78. The molecule has 7 nitrogen and oxygen atoms in total. The van der Waals surface area contributed by atoms with Crippen molar-refractivity contribution in [3.05, 3.63) is 12.4 Å². The van der Waals surface area contributed by atoms with Crippen LogP contribution in [-0.2, 0) is 4.79 Å². The van der Waals surface area contributed by atoms with Crippen LogP contribution in [0.2, 0.25) is 0 Å². The molecule has 5 N–H and O–H groups in total. The number of aromatic amines is 1. The summed E-state index contributed by atoms with van der Waals surface area (Å²) in [4.78, 5) is 9.65. The molecule has 0 aliphatic carbocycles. The zero-order valence-electron chi connectivity index (χ0n) is 6.21. The molecular formula is C5H10N4O3. The van der Waals surface area contributed by atoms with Crippen LogP contribution in [-0.4, -0.2) is 44.2 Å². The summed E-state index contributed by atoms with van der Waals surface area (Å²) in [5, 5.41) is 25.2. The van der Waals surface area contributed by atoms with E-state index in [0.29, 0.717) is 0 Å². The Morgan fingerprint density at radius 1 is 1.58 bits per heavy atom. The monoisotopic (exact) mass is 174 g/mol. The van der Waals surface area contributed by atoms with Crippen molar-refractivity contribution >= 4 is 5.97 Å². The zero-order chi connectivity index (χ0) is 9.40. The molecular weight excluding hydrogens is 164 g/mol. The van der Waals surface area contributed by atoms with E-state index in [9.17, 15) is 4.79 Å². The second kappa shape index (κ2) is 6.25. The molecule has 0 aliphatic rings. The maximum absolute atomic E-state index is 9.65. The zero-order valence-corrected chi connectivity index (χ0v) is 6.21. The molecule has 0 aliphatic heterocycles. The van der Waals surface area contributed by atoms with Gasteiger partial charge in [0.2, 0.25) is 0 Å². The van der Waals surface area contributed by atoms with Gasteiger partial charge in [-0.15, -0.1) is 0 Å². The molecule has 1 aromatic rings. The number of carboxylic acid groups (broad SMARTS) is 1. The van der Waals surface area contributed by atoms with Gasteiger partial charge in [0.25, 0.3) is 0 Å². The minimum absolute atomic E-state index is 0.505. The van der Waals surface area contributed by atoms with E-state index in [1.54, 1.807) is 12.4 Å². The van der Waals surface area contributed by atoms with Crippen molar-refractivity contribution in [1.82, 2.24) is 15.4 Å². The molecule has 0 aromatic carbocycles. The van der Waals surface area contributed by atoms with Crippen LogP contribution in [0.3, 0.4) is 0 Å². The van der Waals surface area contributed by atoms with Crippen molar-refractivity contribution in [2.24, 2.45) is 5.73 Å². The van der Waals surface area contributed by atoms with Crippen molar-refractivity contribution in [3.8, 4) is 0 Å². The molecule has 1 rings (SSSR count). The highest BCUT2D eigenvalue weighted by atomic mass is 16.4. The lowest BCUT2D eigenvalue weighted by molar-refractivity contribution is -0.139. The summed E-state index contributed by atoms with van der Waals surface area (Å²) in [5.41, 5.74) is 4.77. The number of hydrogen-bond acceptors (Lipinski definition) is 5. The summed E-state index contributed by atoms with van der Waals surface area (Å²) in [7, 11) is 0. The number of aromatic nitrogens is 3. The number of carboxylic acids is 1. The highest BCUT2D eigenvalue weighted by Crippen LogP contribution is 1.71. The molecule has 0 amide bonds. The largest absolute Gasteiger partial charge is 0.480 e. The number of hydrogen-bond donors (Lipinski definition) is 4. The van der Waals surface area contributed by atoms with Crippen molar-refractivity contribution in [2.75, 3.05) is 6.61 Å². The maximum atomic E-state index is 9.65. The predicted molar refractivity (Wildman–Crippen MR) is 39.1 cm³/mol. The number of carbonyl (C=O) groups is 1. The standard InChI is InChI=1S/C3H7NO3.C2H3N3/c4-2(1-5)3(6)7;1-2-4-5-3-1/h2,5H,1,4H2,(H,6,7);1-2H,(H,3,4,5). The lowest BCUT2D eigenvalue weighted by Crippen LogP contribution is -2.33. The summed E-state index contributed by atoms with van der Waals surface area (Å²) < 4.78 is 0. The maximum Gasteiger partial charge on any atom is 0.322 e. The van der Waals surface area contributed by atoms with Crippen LogP contribution < -0.4 is 5.73 Å². The third kappa shape index (κ3) is 5.33. The van der Waals surface area contributed by atoms with Crippen molar-refractivity contribution < 1.29 is 15.0 Å². The number of aliphatic hydroxyl groups excluding tert-OH is 1. The third-order valence-corrected chi connectivity index (χ3v) is 0.845. The van der Waals surface area contributed by atoms with Gasteiger partial charge >= 0.3 is 5.97 Å². The fourth-order valence-electron chi connectivity index (χ4n) is 0.245. The number of rotatable bonds is 2. The first-order chi connectivity index (χ1) is 5.68. The second-order valence-electron chi connectivity index (χ2n) is 1.78. The highest BCUT2D eigenvalue weighted by Gasteiger charge is 2.06. The SMILES string of the molecule is NC(CO)C(=O)O.c1cn[nH]n1. The smallest absolute Gasteiger partial charge is 0.322 e. The van der Waals surface area contributed by atoms with Crippen LogP contribution in [0.25, 0.3) is 0 Å². The Labute approximate surface area is 68.2 Å². The normalized spacial score (nSPS) is 11.2. The quantitative estimate of drug-likeness (QED) is 0.419. The molecule has 1 heterocycles. The van der Waals surface area contributed by atoms with Crippen LogP contribution in [0.15, 0.2) is 12.4 Å². The molecule has 0 fully saturated rings. The van der Waals surface area contributed by atoms with Gasteiger partial charge in [-0.3, -0.25) is 4.79 Å². The molecule has 0 radical (unpaired) electrons. The van der Waals surface area contributed by atoms with E-state index in [-0.39, 0.29) is 0 Å². The first-order valence-electron chi connectivity index (χ1n) is 3.07. The van der Waals surface area contributed by atoms with Crippen molar-refractivity contribution in [1.29, 1.82) is 0 Å². The summed E-state index contributed by atoms with van der Waals surface area (Å²) in [6.45, 7) is -0.505. The average molecular weight is 174 g/mol. The van der Waals surface area contributed by atoms with E-state index in [1.165, 1.54) is 0 Å². The Morgan fingerprint density at radius 2 is 2.08 bits per heavy atom. The predicted octanol–water partition coefficient (Wildman–Crippen LogP) is -1.80. The summed E-state index contributed by atoms with van der Waals surface area (Å²) >= 11 is 0. The molecule has 7 heteroatoms. The van der Waals surface area contributed by atoms with E-state index in [2.05, 4.69) is 15.4 Å². The minimum Gasteiger partial charge on any atom is -0.480 e. The van der Waals surface area contributed by atoms with Crippen LogP contribution in [0, 0.1) is 0 Å². The number of aliphatic hydroxyl groups is 1. The summed E-state index contributed by atoms with van der Waals surface area (Å²) in [5.74, 6) is -1.18. The Balaban J connectivity index is 0.000000211. The molecule has 12 heavy (non-hydrogen) atoms. The Bertz CT molecular complexity index is 183. The van der Waals surface area contributed by atoms with Gasteiger partial charge in [0.05, 0.1) is 19.0 Å². The number of aliphatic carboxylic acids is 1. The first kappa shape index (κ1) is 10.5. The molecule has 0 bridgehead atoms. The highest BCUT2D eigenvalue weighted by molar-refractivity contribution is 5.73. The van der Waals surface area contributed by atoms with Crippen molar-refractivity contribution in [3.63, 3.8) is 0 Å². The van der Waals surface area contributed by atoms with E-state index < -0.39 is 18.6 Å². The Morgan fingerprint density at radius 3 is 2.17 bits per heavy atom. The van der Waals surface area contributed by atoms with Gasteiger partial charge in [0, 0.05) is 0 Å². The number of nitrogens with two attached hydrogens (primary N) is 1. The van der Waals surface area contributed by atoms with Gasteiger partial charge in [-0.1, -0.05) is 0 Å². The van der Waals surface area contributed by atoms with Gasteiger partial charge in [0.15, 0.2) is 0 Å². The Hall–Kier alpha value is -1.47. The number of nitrogens with zero attached hydrogens (tertiary/aromatic N) is 2. The van der Waals surface area contributed by atoms with Crippen LogP contribution >= 0.6 is 0 Å². The summed E-state index contributed by atoms with van der Waals surface area (Å²) in [6.07, 6.45) is 3.17. The van der Waals surface area contributed by atoms with Gasteiger partial charge < -0.3 is 15.9 Å². The first-order valence-corrected chi connectivity index (χ1v) is 3.07.